The van der Waals surface area contributed by atoms with Crippen molar-refractivity contribution in [2.75, 3.05) is 5.75 Å². The van der Waals surface area contributed by atoms with E-state index in [4.69, 9.17) is 27.6 Å². The summed E-state index contributed by atoms with van der Waals surface area (Å²) in [6.07, 6.45) is 1.50. The summed E-state index contributed by atoms with van der Waals surface area (Å²) >= 11 is 13.2. The van der Waals surface area contributed by atoms with Gasteiger partial charge in [0.15, 0.2) is 11.6 Å². The Morgan fingerprint density at radius 2 is 2.07 bits per heavy atom. The molecule has 1 aliphatic heterocycles. The van der Waals surface area contributed by atoms with Crippen LogP contribution in [0.25, 0.3) is 0 Å². The number of ketones is 2. The Morgan fingerprint density at radius 3 is 2.69 bits per heavy atom. The Morgan fingerprint density at radius 1 is 1.31 bits per heavy atom. The number of nitriles is 1. The summed E-state index contributed by atoms with van der Waals surface area (Å²) in [5.41, 5.74) is 1.73. The van der Waals surface area contributed by atoms with Gasteiger partial charge in [-0.2, -0.15) is 5.26 Å². The van der Waals surface area contributed by atoms with Crippen LogP contribution in [0.1, 0.15) is 35.9 Å². The number of furan rings is 1. The van der Waals surface area contributed by atoms with Crippen molar-refractivity contribution in [2.24, 2.45) is 0 Å². The zero-order valence-electron chi connectivity index (χ0n) is 15.6. The lowest BCUT2D eigenvalue weighted by molar-refractivity contribution is -0.113. The summed E-state index contributed by atoms with van der Waals surface area (Å²) in [7, 11) is 0. The molecule has 2 heterocycles. The molecule has 0 amide bonds. The van der Waals surface area contributed by atoms with E-state index in [9.17, 15) is 14.9 Å². The number of nitrogens with zero attached hydrogens (tertiary/aromatic N) is 1. The molecule has 5 nitrogen and oxygen atoms in total. The summed E-state index contributed by atoms with van der Waals surface area (Å²) < 4.78 is 5.50. The third-order valence-electron chi connectivity index (χ3n) is 4.43. The van der Waals surface area contributed by atoms with E-state index >= 15 is 0 Å². The maximum Gasteiger partial charge on any atom is 0.174 e. The summed E-state index contributed by atoms with van der Waals surface area (Å²) in [5.74, 6) is -0.463. The van der Waals surface area contributed by atoms with Crippen molar-refractivity contribution in [1.82, 2.24) is 5.32 Å². The average Bonchev–Trinajstić information content (AvgIpc) is 3.21. The maximum absolute atomic E-state index is 12.6. The Kier molecular flexibility index (Phi) is 6.53. The number of benzene rings is 1. The molecule has 2 aromatic rings. The van der Waals surface area contributed by atoms with E-state index in [1.807, 2.05) is 0 Å². The van der Waals surface area contributed by atoms with Gasteiger partial charge in [-0.3, -0.25) is 9.59 Å². The van der Waals surface area contributed by atoms with Crippen LogP contribution < -0.4 is 5.32 Å². The minimum absolute atomic E-state index is 0.0428. The first kappa shape index (κ1) is 21.3. The van der Waals surface area contributed by atoms with E-state index in [0.717, 1.165) is 0 Å². The molecule has 29 heavy (non-hydrogen) atoms. The molecule has 0 spiro atoms. The number of carbonyl (C=O) groups excluding carboxylic acids is 2. The van der Waals surface area contributed by atoms with Gasteiger partial charge in [0.1, 0.15) is 5.76 Å². The van der Waals surface area contributed by atoms with E-state index in [-0.39, 0.29) is 17.3 Å². The second-order valence-corrected chi connectivity index (χ2v) is 8.19. The highest BCUT2D eigenvalue weighted by Gasteiger charge is 2.35. The third kappa shape index (κ3) is 4.43. The fraction of sp³-hybridized carbons (Fsp3) is 0.190. The quantitative estimate of drug-likeness (QED) is 0.590. The number of hydrogen-bond acceptors (Lipinski definition) is 6. The molecule has 0 bridgehead atoms. The minimum Gasteiger partial charge on any atom is -0.468 e. The van der Waals surface area contributed by atoms with E-state index < -0.39 is 5.92 Å². The molecule has 1 N–H and O–H groups in total. The number of rotatable bonds is 6. The number of carbonyl (C=O) groups is 2. The maximum atomic E-state index is 12.6. The molecule has 8 heteroatoms. The van der Waals surface area contributed by atoms with Crippen molar-refractivity contribution >= 4 is 46.5 Å². The van der Waals surface area contributed by atoms with Crippen molar-refractivity contribution in [3.63, 3.8) is 0 Å². The first-order valence-electron chi connectivity index (χ1n) is 8.61. The predicted octanol–water partition coefficient (Wildman–Crippen LogP) is 5.49. The summed E-state index contributed by atoms with van der Waals surface area (Å²) in [4.78, 5) is 24.9. The molecule has 3 rings (SSSR count). The van der Waals surface area contributed by atoms with Gasteiger partial charge in [0.2, 0.25) is 0 Å². The van der Waals surface area contributed by atoms with Crippen LogP contribution in [0, 0.1) is 11.3 Å². The van der Waals surface area contributed by atoms with Crippen LogP contribution in [0.3, 0.4) is 0 Å². The molecule has 1 aliphatic rings. The third-order valence-corrected chi connectivity index (χ3v) is 6.01. The van der Waals surface area contributed by atoms with Crippen LogP contribution in [0.2, 0.25) is 10.0 Å². The zero-order chi connectivity index (χ0) is 21.1. The standard InChI is InChI=1S/C21H16Cl2N2O3S/c1-11-19(12(2)26)20(18-4-3-7-28-18)15(9-24)21(25-11)29-10-17(27)14-8-13(22)5-6-16(14)23/h3-8,20,25H,10H2,1-2H3/t20-/m0/s1. The molecular weight excluding hydrogens is 431 g/mol. The van der Waals surface area contributed by atoms with Gasteiger partial charge >= 0.3 is 0 Å². The molecule has 1 aromatic carbocycles. The first-order valence-corrected chi connectivity index (χ1v) is 10.3. The number of thioether (sulfide) groups is 1. The normalized spacial score (nSPS) is 16.4. The fourth-order valence-corrected chi connectivity index (χ4v) is 4.53. The van der Waals surface area contributed by atoms with Crippen molar-refractivity contribution < 1.29 is 14.0 Å². The lowest BCUT2D eigenvalue weighted by Gasteiger charge is -2.27. The number of Topliss-reactive ketones (excluding diaryl/α,β-unsaturated/α-hetero) is 2. The van der Waals surface area contributed by atoms with Crippen LogP contribution in [0.5, 0.6) is 0 Å². The molecule has 0 saturated heterocycles. The molecule has 0 saturated carbocycles. The summed E-state index contributed by atoms with van der Waals surface area (Å²) in [5, 5.41) is 14.2. The Labute approximate surface area is 182 Å². The second-order valence-electron chi connectivity index (χ2n) is 6.36. The van der Waals surface area contributed by atoms with Crippen molar-refractivity contribution in [1.29, 1.82) is 5.26 Å². The lowest BCUT2D eigenvalue weighted by atomic mass is 9.84. The highest BCUT2D eigenvalue weighted by molar-refractivity contribution is 8.03. The van der Waals surface area contributed by atoms with Crippen LogP contribution >= 0.6 is 35.0 Å². The van der Waals surface area contributed by atoms with E-state index in [0.29, 0.717) is 43.2 Å². The molecule has 0 aliphatic carbocycles. The van der Waals surface area contributed by atoms with Crippen molar-refractivity contribution in [3.05, 3.63) is 79.8 Å². The monoisotopic (exact) mass is 446 g/mol. The zero-order valence-corrected chi connectivity index (χ0v) is 17.9. The highest BCUT2D eigenvalue weighted by atomic mass is 35.5. The van der Waals surface area contributed by atoms with Gasteiger partial charge in [-0.05, 0) is 44.2 Å². The van der Waals surface area contributed by atoms with Gasteiger partial charge < -0.3 is 9.73 Å². The largest absolute Gasteiger partial charge is 0.468 e. The van der Waals surface area contributed by atoms with Crippen LogP contribution in [0.4, 0.5) is 0 Å². The van der Waals surface area contributed by atoms with Crippen LogP contribution in [0.15, 0.2) is 62.9 Å². The molecule has 1 aromatic heterocycles. The van der Waals surface area contributed by atoms with Gasteiger partial charge in [0.05, 0.1) is 39.6 Å². The molecule has 0 unspecified atom stereocenters. The lowest BCUT2D eigenvalue weighted by Crippen LogP contribution is -2.27. The minimum atomic E-state index is -0.624. The van der Waals surface area contributed by atoms with Crippen LogP contribution in [-0.4, -0.2) is 17.3 Å². The first-order chi connectivity index (χ1) is 13.8. The van der Waals surface area contributed by atoms with E-state index in [1.54, 1.807) is 31.2 Å². The second kappa shape index (κ2) is 8.91. The van der Waals surface area contributed by atoms with Crippen molar-refractivity contribution in [2.45, 2.75) is 19.8 Å². The van der Waals surface area contributed by atoms with Gasteiger partial charge in [-0.1, -0.05) is 35.0 Å². The van der Waals surface area contributed by atoms with Gasteiger partial charge in [-0.25, -0.2) is 0 Å². The Bertz CT molecular complexity index is 1080. The summed E-state index contributed by atoms with van der Waals surface area (Å²) in [6, 6.07) is 10.3. The van der Waals surface area contributed by atoms with Gasteiger partial charge in [0, 0.05) is 21.9 Å². The topological polar surface area (TPSA) is 83.1 Å². The SMILES string of the molecule is CC(=O)C1=C(C)NC(SCC(=O)c2cc(Cl)ccc2Cl)=C(C#N)[C@H]1c1ccco1. The Hall–Kier alpha value is -2.46. The molecule has 148 valence electrons. The number of hydrogen-bond donors (Lipinski definition) is 1. The molecule has 1 atom stereocenters. The van der Waals surface area contributed by atoms with Crippen molar-refractivity contribution in [3.8, 4) is 6.07 Å². The highest BCUT2D eigenvalue weighted by Crippen LogP contribution is 2.41. The molecule has 0 radical (unpaired) electrons. The van der Waals surface area contributed by atoms with E-state index in [2.05, 4.69) is 11.4 Å². The predicted molar refractivity (Wildman–Crippen MR) is 114 cm³/mol. The average molecular weight is 447 g/mol. The number of nitrogens with one attached hydrogen (secondary N) is 1. The number of halogens is 2. The molecule has 0 fully saturated rings. The Balaban J connectivity index is 1.93. The van der Waals surface area contributed by atoms with Gasteiger partial charge in [-0.15, -0.1) is 0 Å². The number of dihydropyridines is 1. The fourth-order valence-electron chi connectivity index (χ4n) is 3.16. The number of allylic oxidation sites excluding steroid dienone is 3. The van der Waals surface area contributed by atoms with Crippen LogP contribution in [-0.2, 0) is 4.79 Å². The molecular formula is C21H16Cl2N2O3S. The summed E-state index contributed by atoms with van der Waals surface area (Å²) in [6.45, 7) is 3.21. The smallest absolute Gasteiger partial charge is 0.174 e. The van der Waals surface area contributed by atoms with E-state index in [1.165, 1.54) is 31.0 Å². The van der Waals surface area contributed by atoms with Gasteiger partial charge in [0.25, 0.3) is 0 Å².